The lowest BCUT2D eigenvalue weighted by Gasteiger charge is -2.21. The molecule has 0 radical (unpaired) electrons. The number of nitrogens with zero attached hydrogens (tertiary/aromatic N) is 1. The fourth-order valence-electron chi connectivity index (χ4n) is 3.93. The highest BCUT2D eigenvalue weighted by molar-refractivity contribution is 6.33. The van der Waals surface area contributed by atoms with Crippen LogP contribution in [0.5, 0.6) is 0 Å². The van der Waals surface area contributed by atoms with Crippen LogP contribution < -0.4 is 10.2 Å². The van der Waals surface area contributed by atoms with E-state index in [2.05, 4.69) is 29.6 Å². The van der Waals surface area contributed by atoms with Crippen molar-refractivity contribution in [3.8, 4) is 0 Å². The molecule has 1 N–H and O–H groups in total. The van der Waals surface area contributed by atoms with Gasteiger partial charge in [-0.3, -0.25) is 9.59 Å². The van der Waals surface area contributed by atoms with Crippen LogP contribution in [0.2, 0.25) is 5.02 Å². The minimum Gasteiger partial charge on any atom is -0.355 e. The second kappa shape index (κ2) is 9.14. The van der Waals surface area contributed by atoms with Gasteiger partial charge in [-0.2, -0.15) is 0 Å². The molecule has 30 heavy (non-hydrogen) atoms. The van der Waals surface area contributed by atoms with E-state index in [1.165, 1.54) is 0 Å². The van der Waals surface area contributed by atoms with Crippen LogP contribution in [0.25, 0.3) is 0 Å². The summed E-state index contributed by atoms with van der Waals surface area (Å²) in [5, 5.41) is 3.59. The number of benzene rings is 3. The lowest BCUT2D eigenvalue weighted by atomic mass is 9.91. The number of amides is 2. The van der Waals surface area contributed by atoms with Gasteiger partial charge in [0.25, 0.3) is 0 Å². The predicted molar refractivity (Wildman–Crippen MR) is 120 cm³/mol. The van der Waals surface area contributed by atoms with Gasteiger partial charge in [-0.15, -0.1) is 0 Å². The summed E-state index contributed by atoms with van der Waals surface area (Å²) >= 11 is 6.24. The first-order valence-corrected chi connectivity index (χ1v) is 10.4. The van der Waals surface area contributed by atoms with Gasteiger partial charge in [-0.25, -0.2) is 0 Å². The van der Waals surface area contributed by atoms with Gasteiger partial charge in [0.05, 0.1) is 16.6 Å². The number of anilines is 1. The third-order valence-electron chi connectivity index (χ3n) is 5.52. The molecule has 1 heterocycles. The summed E-state index contributed by atoms with van der Waals surface area (Å²) in [6.45, 7) is 0.819. The van der Waals surface area contributed by atoms with Crippen molar-refractivity contribution in [2.75, 3.05) is 18.0 Å². The molecule has 3 aromatic carbocycles. The topological polar surface area (TPSA) is 49.4 Å². The molecule has 5 heteroatoms. The second-order valence-corrected chi connectivity index (χ2v) is 7.88. The summed E-state index contributed by atoms with van der Waals surface area (Å²) < 4.78 is 0. The molecule has 0 unspecified atom stereocenters. The first-order valence-electron chi connectivity index (χ1n) is 10.1. The van der Waals surface area contributed by atoms with Crippen LogP contribution in [-0.2, 0) is 9.59 Å². The van der Waals surface area contributed by atoms with Crippen LogP contribution in [0.4, 0.5) is 5.69 Å². The van der Waals surface area contributed by atoms with E-state index in [0.717, 1.165) is 11.1 Å². The molecule has 1 fully saturated rings. The van der Waals surface area contributed by atoms with E-state index in [1.54, 1.807) is 17.0 Å². The Morgan fingerprint density at radius 3 is 2.10 bits per heavy atom. The van der Waals surface area contributed by atoms with Crippen molar-refractivity contribution >= 4 is 29.1 Å². The van der Waals surface area contributed by atoms with E-state index < -0.39 is 0 Å². The average molecular weight is 419 g/mol. The lowest BCUT2D eigenvalue weighted by Crippen LogP contribution is -2.35. The van der Waals surface area contributed by atoms with Crippen molar-refractivity contribution in [1.82, 2.24) is 5.32 Å². The standard InChI is InChI=1S/C25H23ClN2O2/c26-22-13-7-8-14-23(22)28-17-20(15-24(28)29)25(30)27-16-21(18-9-3-1-4-10-18)19-11-5-2-6-12-19/h1-14,20-21H,15-17H2,(H,27,30)/t20-/m1/s1. The van der Waals surface area contributed by atoms with E-state index in [9.17, 15) is 9.59 Å². The van der Waals surface area contributed by atoms with Crippen LogP contribution >= 0.6 is 11.6 Å². The molecule has 152 valence electrons. The summed E-state index contributed by atoms with van der Waals surface area (Å²) in [6.07, 6.45) is 0.193. The number of para-hydroxylation sites is 1. The van der Waals surface area contributed by atoms with Crippen molar-refractivity contribution < 1.29 is 9.59 Å². The molecular weight excluding hydrogens is 396 g/mol. The van der Waals surface area contributed by atoms with E-state index in [1.807, 2.05) is 48.5 Å². The Morgan fingerprint density at radius 1 is 0.933 bits per heavy atom. The van der Waals surface area contributed by atoms with Gasteiger partial charge in [0.15, 0.2) is 0 Å². The van der Waals surface area contributed by atoms with Crippen LogP contribution in [0.1, 0.15) is 23.5 Å². The molecule has 0 bridgehead atoms. The molecule has 1 aliphatic rings. The van der Waals surface area contributed by atoms with Gasteiger partial charge in [-0.05, 0) is 23.3 Å². The monoisotopic (exact) mass is 418 g/mol. The molecule has 4 nitrogen and oxygen atoms in total. The van der Waals surface area contributed by atoms with Crippen molar-refractivity contribution in [2.45, 2.75) is 12.3 Å². The average Bonchev–Trinajstić information content (AvgIpc) is 3.17. The maximum atomic E-state index is 12.9. The Hall–Kier alpha value is -3.11. The molecule has 0 spiro atoms. The highest BCUT2D eigenvalue weighted by atomic mass is 35.5. The first-order chi connectivity index (χ1) is 14.6. The number of carbonyl (C=O) groups is 2. The largest absolute Gasteiger partial charge is 0.355 e. The Kier molecular flexibility index (Phi) is 6.15. The maximum absolute atomic E-state index is 12.9. The third kappa shape index (κ3) is 4.39. The summed E-state index contributed by atoms with van der Waals surface area (Å²) in [4.78, 5) is 27.0. The van der Waals surface area contributed by atoms with E-state index in [-0.39, 0.29) is 30.1 Å². The molecule has 1 atom stereocenters. The molecule has 3 aromatic rings. The van der Waals surface area contributed by atoms with Gasteiger partial charge >= 0.3 is 0 Å². The van der Waals surface area contributed by atoms with Crippen molar-refractivity contribution in [2.24, 2.45) is 5.92 Å². The zero-order chi connectivity index (χ0) is 20.9. The summed E-state index contributed by atoms with van der Waals surface area (Å²) in [6, 6.07) is 27.5. The molecule has 0 aromatic heterocycles. The number of hydrogen-bond donors (Lipinski definition) is 1. The number of carbonyl (C=O) groups excluding carboxylic acids is 2. The molecule has 1 saturated heterocycles. The van der Waals surface area contributed by atoms with Gasteiger partial charge < -0.3 is 10.2 Å². The normalized spacial score (nSPS) is 16.1. The summed E-state index contributed by atoms with van der Waals surface area (Å²) in [7, 11) is 0. The van der Waals surface area contributed by atoms with Crippen LogP contribution in [-0.4, -0.2) is 24.9 Å². The SMILES string of the molecule is O=C(NCC(c1ccccc1)c1ccccc1)[C@@H]1CC(=O)N(c2ccccc2Cl)C1. The third-order valence-corrected chi connectivity index (χ3v) is 5.84. The number of rotatable bonds is 6. The molecule has 0 aliphatic carbocycles. The zero-order valence-electron chi connectivity index (χ0n) is 16.5. The summed E-state index contributed by atoms with van der Waals surface area (Å²) in [5.74, 6) is -0.519. The highest BCUT2D eigenvalue weighted by Crippen LogP contribution is 2.31. The van der Waals surface area contributed by atoms with Crippen LogP contribution in [0, 0.1) is 5.92 Å². The fourth-order valence-corrected chi connectivity index (χ4v) is 4.17. The van der Waals surface area contributed by atoms with E-state index >= 15 is 0 Å². The van der Waals surface area contributed by atoms with Gasteiger partial charge in [-0.1, -0.05) is 84.4 Å². The van der Waals surface area contributed by atoms with E-state index in [0.29, 0.717) is 23.8 Å². The van der Waals surface area contributed by atoms with Crippen molar-refractivity contribution in [1.29, 1.82) is 0 Å². The molecule has 2 amide bonds. The smallest absolute Gasteiger partial charge is 0.227 e. The first kappa shape index (κ1) is 20.2. The molecule has 0 saturated carbocycles. The second-order valence-electron chi connectivity index (χ2n) is 7.48. The Labute approximate surface area is 181 Å². The lowest BCUT2D eigenvalue weighted by molar-refractivity contribution is -0.126. The molecular formula is C25H23ClN2O2. The predicted octanol–water partition coefficient (Wildman–Crippen LogP) is 4.64. The number of hydrogen-bond acceptors (Lipinski definition) is 2. The van der Waals surface area contributed by atoms with Crippen molar-refractivity contribution in [3.63, 3.8) is 0 Å². The minimum absolute atomic E-state index is 0.0492. The van der Waals surface area contributed by atoms with Crippen LogP contribution in [0.3, 0.4) is 0 Å². The Bertz CT molecular complexity index is 984. The van der Waals surface area contributed by atoms with E-state index in [4.69, 9.17) is 11.6 Å². The fraction of sp³-hybridized carbons (Fsp3) is 0.200. The number of nitrogens with one attached hydrogen (secondary N) is 1. The maximum Gasteiger partial charge on any atom is 0.227 e. The van der Waals surface area contributed by atoms with Gasteiger partial charge in [0.1, 0.15) is 0 Å². The summed E-state index contributed by atoms with van der Waals surface area (Å²) in [5.41, 5.74) is 2.94. The van der Waals surface area contributed by atoms with Crippen molar-refractivity contribution in [3.05, 3.63) is 101 Å². The van der Waals surface area contributed by atoms with Crippen LogP contribution in [0.15, 0.2) is 84.9 Å². The zero-order valence-corrected chi connectivity index (χ0v) is 17.3. The quantitative estimate of drug-likeness (QED) is 0.633. The molecule has 4 rings (SSSR count). The Balaban J connectivity index is 1.45. The van der Waals surface area contributed by atoms with Gasteiger partial charge in [0.2, 0.25) is 11.8 Å². The molecule has 1 aliphatic heterocycles. The number of halogens is 1. The van der Waals surface area contributed by atoms with Gasteiger partial charge in [0, 0.05) is 25.4 Å². The minimum atomic E-state index is -0.388. The highest BCUT2D eigenvalue weighted by Gasteiger charge is 2.36. The Morgan fingerprint density at radius 2 is 1.50 bits per heavy atom.